The van der Waals surface area contributed by atoms with Crippen molar-refractivity contribution in [1.82, 2.24) is 20.6 Å². The summed E-state index contributed by atoms with van der Waals surface area (Å²) in [6.07, 6.45) is 3.71. The number of rotatable bonds is 5. The molecule has 3 heterocycles. The standard InChI is InChI=1S/C18H22N4O4/c1-11-7-14(12-3-2-5-19-9-12)26-18(25)16(11)17(24)20-6-4-13-8-15(23)22-10-21-13/h7-8,10,12,19H,2-6,9H2,1H3,(H,20,24)(H,21,22,23). The van der Waals surface area contributed by atoms with Gasteiger partial charge in [-0.1, -0.05) is 0 Å². The van der Waals surface area contributed by atoms with E-state index in [2.05, 4.69) is 20.6 Å². The highest BCUT2D eigenvalue weighted by atomic mass is 16.4. The molecule has 0 saturated carbocycles. The Bertz CT molecular complexity index is 897. The van der Waals surface area contributed by atoms with Crippen LogP contribution in [0.25, 0.3) is 0 Å². The molecule has 26 heavy (non-hydrogen) atoms. The molecule has 8 nitrogen and oxygen atoms in total. The lowest BCUT2D eigenvalue weighted by molar-refractivity contribution is 0.0948. The summed E-state index contributed by atoms with van der Waals surface area (Å²) in [5, 5.41) is 5.97. The molecule has 1 unspecified atom stereocenters. The molecule has 138 valence electrons. The van der Waals surface area contributed by atoms with Crippen LogP contribution in [0.5, 0.6) is 0 Å². The molecule has 1 saturated heterocycles. The molecule has 0 bridgehead atoms. The summed E-state index contributed by atoms with van der Waals surface area (Å²) in [5.74, 6) is 0.313. The fourth-order valence-corrected chi connectivity index (χ4v) is 3.14. The van der Waals surface area contributed by atoms with Crippen LogP contribution in [0.3, 0.4) is 0 Å². The summed E-state index contributed by atoms with van der Waals surface area (Å²) >= 11 is 0. The molecule has 1 fully saturated rings. The first-order valence-electron chi connectivity index (χ1n) is 8.72. The second-order valence-corrected chi connectivity index (χ2v) is 6.45. The minimum atomic E-state index is -0.614. The van der Waals surface area contributed by atoms with Crippen molar-refractivity contribution < 1.29 is 9.21 Å². The van der Waals surface area contributed by atoms with Gasteiger partial charge in [0.15, 0.2) is 0 Å². The van der Waals surface area contributed by atoms with Crippen molar-refractivity contribution in [3.8, 4) is 0 Å². The smallest absolute Gasteiger partial charge is 0.349 e. The molecular formula is C18H22N4O4. The second-order valence-electron chi connectivity index (χ2n) is 6.45. The van der Waals surface area contributed by atoms with Crippen molar-refractivity contribution in [2.24, 2.45) is 0 Å². The highest BCUT2D eigenvalue weighted by Gasteiger charge is 2.22. The van der Waals surface area contributed by atoms with Gasteiger partial charge in [0.25, 0.3) is 11.5 Å². The zero-order chi connectivity index (χ0) is 18.5. The van der Waals surface area contributed by atoms with Gasteiger partial charge >= 0.3 is 5.63 Å². The third-order valence-corrected chi connectivity index (χ3v) is 4.50. The fraction of sp³-hybridized carbons (Fsp3) is 0.444. The van der Waals surface area contributed by atoms with Crippen LogP contribution in [0, 0.1) is 6.92 Å². The van der Waals surface area contributed by atoms with Crippen molar-refractivity contribution in [1.29, 1.82) is 0 Å². The Labute approximate surface area is 150 Å². The predicted octanol–water partition coefficient (Wildman–Crippen LogP) is 0.471. The van der Waals surface area contributed by atoms with Crippen molar-refractivity contribution in [3.05, 3.63) is 61.8 Å². The first kappa shape index (κ1) is 18.1. The third-order valence-electron chi connectivity index (χ3n) is 4.50. The Kier molecular flexibility index (Phi) is 5.62. The van der Waals surface area contributed by atoms with E-state index in [1.165, 1.54) is 12.4 Å². The molecule has 1 aliphatic rings. The van der Waals surface area contributed by atoms with Crippen molar-refractivity contribution in [2.75, 3.05) is 19.6 Å². The topological polar surface area (TPSA) is 117 Å². The number of nitrogens with zero attached hydrogens (tertiary/aromatic N) is 1. The van der Waals surface area contributed by atoms with E-state index in [1.807, 2.05) is 0 Å². The number of hydrogen-bond acceptors (Lipinski definition) is 6. The van der Waals surface area contributed by atoms with Crippen LogP contribution in [0.1, 0.15) is 46.1 Å². The molecule has 8 heteroatoms. The molecule has 2 aromatic rings. The molecule has 1 amide bonds. The zero-order valence-electron chi connectivity index (χ0n) is 14.6. The molecule has 1 atom stereocenters. The lowest BCUT2D eigenvalue weighted by Gasteiger charge is -2.22. The van der Waals surface area contributed by atoms with Gasteiger partial charge in [0.1, 0.15) is 11.3 Å². The van der Waals surface area contributed by atoms with Gasteiger partial charge in [0.2, 0.25) is 0 Å². The van der Waals surface area contributed by atoms with Crippen LogP contribution in [-0.2, 0) is 6.42 Å². The SMILES string of the molecule is Cc1cc(C2CCCNC2)oc(=O)c1C(=O)NCCc1cc(=O)[nH]cn1. The number of H-pyrrole nitrogens is 1. The van der Waals surface area contributed by atoms with Gasteiger partial charge in [-0.3, -0.25) is 9.59 Å². The molecule has 3 N–H and O–H groups in total. The number of carbonyl (C=O) groups is 1. The van der Waals surface area contributed by atoms with Gasteiger partial charge in [-0.15, -0.1) is 0 Å². The summed E-state index contributed by atoms with van der Waals surface area (Å²) < 4.78 is 5.42. The van der Waals surface area contributed by atoms with E-state index in [9.17, 15) is 14.4 Å². The number of nitrogens with one attached hydrogen (secondary N) is 3. The highest BCUT2D eigenvalue weighted by molar-refractivity contribution is 5.95. The van der Waals surface area contributed by atoms with Crippen LogP contribution in [0.2, 0.25) is 0 Å². The summed E-state index contributed by atoms with van der Waals surface area (Å²) in [7, 11) is 0. The van der Waals surface area contributed by atoms with E-state index >= 15 is 0 Å². The number of aryl methyl sites for hydroxylation is 1. The van der Waals surface area contributed by atoms with Gasteiger partial charge in [0.05, 0.1) is 6.33 Å². The quantitative estimate of drug-likeness (QED) is 0.715. The monoisotopic (exact) mass is 358 g/mol. The van der Waals surface area contributed by atoms with Crippen LogP contribution in [0.4, 0.5) is 0 Å². The maximum Gasteiger partial charge on any atom is 0.349 e. The van der Waals surface area contributed by atoms with E-state index in [0.29, 0.717) is 23.4 Å². The maximum atomic E-state index is 12.4. The Morgan fingerprint density at radius 3 is 2.92 bits per heavy atom. The summed E-state index contributed by atoms with van der Waals surface area (Å²) in [5.41, 5.74) is 0.339. The van der Waals surface area contributed by atoms with Crippen LogP contribution < -0.4 is 21.8 Å². The normalized spacial score (nSPS) is 17.0. The molecule has 0 aliphatic carbocycles. The van der Waals surface area contributed by atoms with Gasteiger partial charge in [0, 0.05) is 37.2 Å². The first-order chi connectivity index (χ1) is 12.5. The molecule has 0 spiro atoms. The first-order valence-corrected chi connectivity index (χ1v) is 8.72. The molecule has 0 radical (unpaired) electrons. The molecule has 3 rings (SSSR count). The van der Waals surface area contributed by atoms with Crippen molar-refractivity contribution in [2.45, 2.75) is 32.1 Å². The molecule has 0 aromatic carbocycles. The third kappa shape index (κ3) is 4.26. The number of amides is 1. The van der Waals surface area contributed by atoms with Gasteiger partial charge in [-0.2, -0.15) is 0 Å². The Balaban J connectivity index is 1.67. The predicted molar refractivity (Wildman–Crippen MR) is 95.5 cm³/mol. The van der Waals surface area contributed by atoms with E-state index in [-0.39, 0.29) is 23.6 Å². The average molecular weight is 358 g/mol. The fourth-order valence-electron chi connectivity index (χ4n) is 3.14. The number of piperidine rings is 1. The van der Waals surface area contributed by atoms with E-state index in [1.54, 1.807) is 13.0 Å². The summed E-state index contributed by atoms with van der Waals surface area (Å²) in [6.45, 7) is 3.76. The zero-order valence-corrected chi connectivity index (χ0v) is 14.6. The molecular weight excluding hydrogens is 336 g/mol. The average Bonchev–Trinajstić information content (AvgIpc) is 2.62. The van der Waals surface area contributed by atoms with E-state index in [4.69, 9.17) is 4.42 Å². The Hall–Kier alpha value is -2.74. The van der Waals surface area contributed by atoms with Gasteiger partial charge < -0.3 is 20.0 Å². The lowest BCUT2D eigenvalue weighted by atomic mass is 9.95. The van der Waals surface area contributed by atoms with E-state index < -0.39 is 11.5 Å². The van der Waals surface area contributed by atoms with Crippen LogP contribution >= 0.6 is 0 Å². The van der Waals surface area contributed by atoms with E-state index in [0.717, 1.165) is 25.9 Å². The summed E-state index contributed by atoms with van der Waals surface area (Å²) in [4.78, 5) is 42.3. The van der Waals surface area contributed by atoms with Gasteiger partial charge in [-0.05, 0) is 37.9 Å². The highest BCUT2D eigenvalue weighted by Crippen LogP contribution is 2.23. The molecule has 1 aliphatic heterocycles. The largest absolute Gasteiger partial charge is 0.427 e. The molecule has 2 aromatic heterocycles. The summed E-state index contributed by atoms with van der Waals surface area (Å²) in [6, 6.07) is 3.16. The van der Waals surface area contributed by atoms with Crippen LogP contribution in [-0.4, -0.2) is 35.5 Å². The number of carbonyl (C=O) groups excluding carboxylic acids is 1. The minimum absolute atomic E-state index is 0.0244. The Morgan fingerprint density at radius 2 is 2.23 bits per heavy atom. The van der Waals surface area contributed by atoms with Crippen LogP contribution in [0.15, 0.2) is 32.5 Å². The minimum Gasteiger partial charge on any atom is -0.427 e. The Morgan fingerprint density at radius 1 is 1.38 bits per heavy atom. The lowest BCUT2D eigenvalue weighted by Crippen LogP contribution is -2.32. The maximum absolute atomic E-state index is 12.4. The van der Waals surface area contributed by atoms with Gasteiger partial charge in [-0.25, -0.2) is 9.78 Å². The van der Waals surface area contributed by atoms with Crippen molar-refractivity contribution >= 4 is 5.91 Å². The number of aromatic amines is 1. The number of aromatic nitrogens is 2. The number of hydrogen-bond donors (Lipinski definition) is 3. The second kappa shape index (κ2) is 8.09. The van der Waals surface area contributed by atoms with Crippen molar-refractivity contribution in [3.63, 3.8) is 0 Å².